The molecule has 1 unspecified atom stereocenters. The summed E-state index contributed by atoms with van der Waals surface area (Å²) >= 11 is 4.69. The lowest BCUT2D eigenvalue weighted by Crippen LogP contribution is -2.71. The molecule has 1 saturated heterocycles. The summed E-state index contributed by atoms with van der Waals surface area (Å²) in [6.45, 7) is 0. The van der Waals surface area contributed by atoms with E-state index in [1.54, 1.807) is 0 Å². The van der Waals surface area contributed by atoms with Crippen molar-refractivity contribution in [1.82, 2.24) is 29.8 Å². The van der Waals surface area contributed by atoms with Gasteiger partial charge in [0.2, 0.25) is 16.7 Å². The number of aromatic nitrogens is 4. The first kappa shape index (κ1) is 23.2. The van der Waals surface area contributed by atoms with E-state index in [-0.39, 0.29) is 22.4 Å². The summed E-state index contributed by atoms with van der Waals surface area (Å²) in [6.07, 6.45) is 0. The Labute approximate surface area is 202 Å². The molecule has 0 saturated carbocycles. The summed E-state index contributed by atoms with van der Waals surface area (Å²) in [6, 6.07) is -0.952. The molecule has 4 rings (SSSR count). The normalized spacial score (nSPS) is 20.3. The van der Waals surface area contributed by atoms with Crippen LogP contribution in [0.3, 0.4) is 0 Å². The molecule has 2 aliphatic heterocycles. The summed E-state index contributed by atoms with van der Waals surface area (Å²) in [5.74, 6) is -1.91. The van der Waals surface area contributed by atoms with E-state index in [0.717, 1.165) is 11.5 Å². The lowest BCUT2D eigenvalue weighted by molar-refractivity contribution is -0.150. The molecule has 6 N–H and O–H groups in total. The molecule has 0 bridgehead atoms. The highest BCUT2D eigenvalue weighted by Gasteiger charge is 2.54. The number of nitrogens with zero attached hydrogens (tertiary/aromatic N) is 6. The predicted molar refractivity (Wildman–Crippen MR) is 123 cm³/mol. The maximum absolute atomic E-state index is 12.8. The Balaban J connectivity index is 1.49. The Morgan fingerprint density at radius 2 is 2.15 bits per heavy atom. The van der Waals surface area contributed by atoms with E-state index in [0.29, 0.717) is 26.6 Å². The largest absolute Gasteiger partial charge is 0.477 e. The Bertz CT molecular complexity index is 1180. The summed E-state index contributed by atoms with van der Waals surface area (Å²) in [5, 5.41) is 23.4. The van der Waals surface area contributed by atoms with E-state index >= 15 is 0 Å². The predicted octanol–water partition coefficient (Wildman–Crippen LogP) is -0.565. The molecular formula is C15H15N9O5S4. The smallest absolute Gasteiger partial charge is 0.352 e. The quantitative estimate of drug-likeness (QED) is 0.146. The maximum atomic E-state index is 12.8. The van der Waals surface area contributed by atoms with Crippen molar-refractivity contribution in [2.24, 2.45) is 5.16 Å². The van der Waals surface area contributed by atoms with Gasteiger partial charge < -0.3 is 26.7 Å². The van der Waals surface area contributed by atoms with Crippen LogP contribution in [0.4, 0.5) is 10.3 Å². The average molecular weight is 530 g/mol. The van der Waals surface area contributed by atoms with Gasteiger partial charge in [-0.1, -0.05) is 28.3 Å². The van der Waals surface area contributed by atoms with Gasteiger partial charge in [-0.15, -0.1) is 22.0 Å². The molecule has 2 atom stereocenters. The van der Waals surface area contributed by atoms with Gasteiger partial charge in [0.15, 0.2) is 9.47 Å². The number of nitrogens with two attached hydrogens (primary N) is 2. The molecule has 2 amide bonds. The topological polar surface area (TPSA) is 212 Å². The zero-order chi connectivity index (χ0) is 23.7. The first-order chi connectivity index (χ1) is 15.8. The minimum atomic E-state index is -1.23. The van der Waals surface area contributed by atoms with Crippen LogP contribution < -0.4 is 16.8 Å². The Morgan fingerprint density at radius 3 is 2.76 bits per heavy atom. The van der Waals surface area contributed by atoms with Crippen LogP contribution in [-0.4, -0.2) is 83.1 Å². The van der Waals surface area contributed by atoms with Gasteiger partial charge in [0.1, 0.15) is 24.2 Å². The summed E-state index contributed by atoms with van der Waals surface area (Å²) in [5.41, 5.74) is 11.3. The Hall–Kier alpha value is -2.96. The van der Waals surface area contributed by atoms with Gasteiger partial charge in [0, 0.05) is 23.0 Å². The molecule has 0 aliphatic carbocycles. The number of carboxylic acids is 1. The number of β-lactam (4-membered cyclic amide) rings is 1. The highest BCUT2D eigenvalue weighted by Crippen LogP contribution is 2.41. The molecule has 2 aromatic rings. The van der Waals surface area contributed by atoms with Crippen molar-refractivity contribution in [3.05, 3.63) is 17.1 Å². The van der Waals surface area contributed by atoms with Gasteiger partial charge in [0.25, 0.3) is 11.8 Å². The number of nitrogen functional groups attached to an aromatic ring is 2. The van der Waals surface area contributed by atoms with Crippen molar-refractivity contribution in [1.29, 1.82) is 0 Å². The summed E-state index contributed by atoms with van der Waals surface area (Å²) < 4.78 is 4.52. The van der Waals surface area contributed by atoms with Crippen molar-refractivity contribution in [2.75, 3.05) is 30.1 Å². The van der Waals surface area contributed by atoms with Gasteiger partial charge in [-0.05, 0) is 5.57 Å². The lowest BCUT2D eigenvalue weighted by Gasteiger charge is -2.49. The second-order valence-electron chi connectivity index (χ2n) is 6.39. The number of oxime groups is 1. The van der Waals surface area contributed by atoms with Crippen molar-refractivity contribution in [2.45, 2.75) is 15.8 Å². The van der Waals surface area contributed by atoms with Gasteiger partial charge in [-0.25, -0.2) is 4.79 Å². The molecule has 174 valence electrons. The average Bonchev–Trinajstić information content (AvgIpc) is 3.40. The fourth-order valence-electron chi connectivity index (χ4n) is 3.04. The van der Waals surface area contributed by atoms with Crippen LogP contribution in [0.25, 0.3) is 0 Å². The molecule has 0 radical (unpaired) electrons. The number of aliphatic carboxylic acids is 1. The van der Waals surface area contributed by atoms with Crippen LogP contribution in [0.1, 0.15) is 5.82 Å². The number of carbonyl (C=O) groups is 3. The van der Waals surface area contributed by atoms with Gasteiger partial charge >= 0.3 is 5.97 Å². The van der Waals surface area contributed by atoms with E-state index in [1.165, 1.54) is 46.9 Å². The van der Waals surface area contributed by atoms with Crippen LogP contribution in [-0.2, 0) is 19.2 Å². The SMILES string of the molecule is CON=C(C(=O)NC1C(=O)N2C(C(=O)O)=C(CSc3nnc(N)s3)CS[C@@H]12)c1nsc(N)n1. The minimum Gasteiger partial charge on any atom is -0.477 e. The van der Waals surface area contributed by atoms with Crippen molar-refractivity contribution in [3.8, 4) is 0 Å². The number of anilines is 2. The number of hydrogen-bond donors (Lipinski definition) is 4. The molecule has 4 heterocycles. The third kappa shape index (κ3) is 4.59. The van der Waals surface area contributed by atoms with Gasteiger partial charge in [-0.3, -0.25) is 14.5 Å². The second-order valence-corrected chi connectivity index (χ2v) is 10.5. The van der Waals surface area contributed by atoms with Crippen LogP contribution in [0, 0.1) is 0 Å². The van der Waals surface area contributed by atoms with Crippen LogP contribution in [0.2, 0.25) is 0 Å². The zero-order valence-corrected chi connectivity index (χ0v) is 19.9. The second kappa shape index (κ2) is 9.49. The zero-order valence-electron chi connectivity index (χ0n) is 16.6. The van der Waals surface area contributed by atoms with Crippen molar-refractivity contribution < 1.29 is 24.3 Å². The molecule has 14 nitrogen and oxygen atoms in total. The molecule has 2 aliphatic rings. The molecule has 1 fully saturated rings. The molecule has 33 heavy (non-hydrogen) atoms. The number of fused-ring (bicyclic) bond motifs is 1. The number of thioether (sulfide) groups is 2. The molecule has 0 spiro atoms. The number of carboxylic acid groups (broad SMARTS) is 1. The van der Waals surface area contributed by atoms with Crippen LogP contribution in [0.5, 0.6) is 0 Å². The van der Waals surface area contributed by atoms with E-state index < -0.39 is 29.2 Å². The summed E-state index contributed by atoms with van der Waals surface area (Å²) in [4.78, 5) is 47.3. The first-order valence-electron chi connectivity index (χ1n) is 8.93. The lowest BCUT2D eigenvalue weighted by atomic mass is 10.0. The Morgan fingerprint density at radius 1 is 1.36 bits per heavy atom. The van der Waals surface area contributed by atoms with Crippen LogP contribution >= 0.6 is 46.4 Å². The van der Waals surface area contributed by atoms with E-state index in [2.05, 4.69) is 34.9 Å². The number of nitrogens with one attached hydrogen (secondary N) is 1. The fourth-order valence-corrected chi connectivity index (χ4v) is 6.59. The fraction of sp³-hybridized carbons (Fsp3) is 0.333. The van der Waals surface area contributed by atoms with E-state index in [9.17, 15) is 19.5 Å². The summed E-state index contributed by atoms with van der Waals surface area (Å²) in [7, 11) is 1.25. The molecular weight excluding hydrogens is 514 g/mol. The van der Waals surface area contributed by atoms with Crippen molar-refractivity contribution >= 4 is 80.2 Å². The van der Waals surface area contributed by atoms with Crippen molar-refractivity contribution in [3.63, 3.8) is 0 Å². The highest BCUT2D eigenvalue weighted by atomic mass is 32.2. The number of hydrogen-bond acceptors (Lipinski definition) is 15. The maximum Gasteiger partial charge on any atom is 0.352 e. The Kier molecular flexibility index (Phi) is 6.68. The standard InChI is InChI=1S/C15H15N9O5S4/c1-29-22-5(8-19-13(16)33-23-8)9(25)18-6-10(26)24-7(12(27)28)4(2-30-11(6)24)3-31-15-21-20-14(17)32-15/h6,11H,2-3H2,1H3,(H2,17,20)(H,18,25)(H,27,28)(H2,16,19,23)/t6?,11-/m0/s1. The monoisotopic (exact) mass is 529 g/mol. The van der Waals surface area contributed by atoms with Crippen LogP contribution in [0.15, 0.2) is 20.8 Å². The first-order valence-corrected chi connectivity index (χ1v) is 12.6. The van der Waals surface area contributed by atoms with E-state index in [4.69, 9.17) is 11.5 Å². The van der Waals surface area contributed by atoms with E-state index in [1.807, 2.05) is 0 Å². The molecule has 18 heteroatoms. The minimum absolute atomic E-state index is 0.0421. The number of carbonyl (C=O) groups excluding carboxylic acids is 2. The number of rotatable bonds is 8. The van der Waals surface area contributed by atoms with Gasteiger partial charge in [0.05, 0.1) is 0 Å². The third-order valence-electron chi connectivity index (χ3n) is 4.38. The molecule has 0 aromatic carbocycles. The highest BCUT2D eigenvalue weighted by molar-refractivity contribution is 8.01. The third-order valence-corrected chi connectivity index (χ3v) is 8.23. The molecule has 2 aromatic heterocycles. The number of amides is 2. The van der Waals surface area contributed by atoms with Gasteiger partial charge in [-0.2, -0.15) is 9.36 Å².